The molecule has 8 nitrogen and oxygen atoms in total. The number of rotatable bonds is 8. The van der Waals surface area contributed by atoms with E-state index in [2.05, 4.69) is 10.5 Å². The van der Waals surface area contributed by atoms with Crippen LogP contribution in [0.15, 0.2) is 77.3 Å². The molecule has 0 saturated heterocycles. The number of anilines is 1. The molecule has 1 heterocycles. The Morgan fingerprint density at radius 3 is 2.56 bits per heavy atom. The van der Waals surface area contributed by atoms with E-state index >= 15 is 0 Å². The number of aryl methyl sites for hydroxylation is 1. The summed E-state index contributed by atoms with van der Waals surface area (Å²) in [6.07, 6.45) is -1.22. The highest BCUT2D eigenvalue weighted by molar-refractivity contribution is 6.31. The van der Waals surface area contributed by atoms with E-state index < -0.39 is 18.2 Å². The quantitative estimate of drug-likeness (QED) is 0.267. The predicted octanol–water partition coefficient (Wildman–Crippen LogP) is 6.89. The number of carboxylic acid groups (broad SMARTS) is 1. The molecule has 0 saturated carbocycles. The van der Waals surface area contributed by atoms with Gasteiger partial charge in [-0.1, -0.05) is 65.3 Å². The van der Waals surface area contributed by atoms with E-state index in [0.29, 0.717) is 39.0 Å². The summed E-state index contributed by atoms with van der Waals surface area (Å²) in [5.41, 5.74) is 3.31. The normalized spacial score (nSPS) is 11.5. The van der Waals surface area contributed by atoms with E-state index in [-0.39, 0.29) is 12.2 Å². The number of benzene rings is 3. The molecule has 1 amide bonds. The largest absolute Gasteiger partial charge is 0.489 e. The summed E-state index contributed by atoms with van der Waals surface area (Å²) in [4.78, 5) is 23.7. The summed E-state index contributed by atoms with van der Waals surface area (Å²) in [6, 6.07) is 20.8. The van der Waals surface area contributed by atoms with Gasteiger partial charge in [0.05, 0.1) is 5.56 Å². The molecule has 4 rings (SSSR count). The minimum absolute atomic E-state index is 0.156. The van der Waals surface area contributed by atoms with Crippen LogP contribution in [-0.2, 0) is 11.3 Å². The van der Waals surface area contributed by atoms with Crippen LogP contribution in [0.25, 0.3) is 11.3 Å². The third-order valence-corrected chi connectivity index (χ3v) is 5.76. The van der Waals surface area contributed by atoms with Crippen molar-refractivity contribution in [1.29, 1.82) is 0 Å². The minimum Gasteiger partial charge on any atom is -0.489 e. The summed E-state index contributed by atoms with van der Waals surface area (Å²) >= 11 is 6.20. The zero-order valence-corrected chi connectivity index (χ0v) is 20.3. The monoisotopic (exact) mass is 506 g/mol. The lowest BCUT2D eigenvalue weighted by Gasteiger charge is -2.15. The number of nitrogens with zero attached hydrogens (tertiary/aromatic N) is 1. The Bertz CT molecular complexity index is 1380. The molecule has 0 aliphatic heterocycles. The fourth-order valence-electron chi connectivity index (χ4n) is 3.51. The number of amides is 1. The third kappa shape index (κ3) is 5.84. The van der Waals surface area contributed by atoms with Crippen molar-refractivity contribution in [3.63, 3.8) is 0 Å². The number of hydrogen-bond acceptors (Lipinski definition) is 6. The van der Waals surface area contributed by atoms with Gasteiger partial charge >= 0.3 is 12.1 Å². The Morgan fingerprint density at radius 1 is 1.08 bits per heavy atom. The van der Waals surface area contributed by atoms with Crippen LogP contribution in [0.1, 0.15) is 40.2 Å². The molecule has 2 N–H and O–H groups in total. The Balaban J connectivity index is 1.42. The van der Waals surface area contributed by atoms with Crippen molar-refractivity contribution >= 4 is 29.4 Å². The van der Waals surface area contributed by atoms with Crippen LogP contribution < -0.4 is 10.1 Å². The van der Waals surface area contributed by atoms with Crippen LogP contribution >= 0.6 is 11.6 Å². The van der Waals surface area contributed by atoms with Gasteiger partial charge in [0.15, 0.2) is 5.76 Å². The number of aromatic carboxylic acids is 1. The van der Waals surface area contributed by atoms with Crippen molar-refractivity contribution in [1.82, 2.24) is 5.16 Å². The van der Waals surface area contributed by atoms with Crippen molar-refractivity contribution < 1.29 is 28.7 Å². The number of ether oxygens (including phenoxy) is 2. The lowest BCUT2D eigenvalue weighted by molar-refractivity contribution is 0.0696. The molecule has 0 aliphatic carbocycles. The first-order valence-corrected chi connectivity index (χ1v) is 11.4. The second kappa shape index (κ2) is 11.0. The van der Waals surface area contributed by atoms with E-state index in [0.717, 1.165) is 5.56 Å². The SMILES string of the molecule is Cc1noc(-c2ccc(COc3cccc(C(=O)O)c3)cc2)c1NC(=O)OC(C)c1ccccc1Cl. The molecule has 0 bridgehead atoms. The van der Waals surface area contributed by atoms with E-state index in [9.17, 15) is 9.59 Å². The average Bonchev–Trinajstić information content (AvgIpc) is 3.23. The summed E-state index contributed by atoms with van der Waals surface area (Å²) in [5.74, 6) is -0.170. The highest BCUT2D eigenvalue weighted by Gasteiger charge is 2.20. The highest BCUT2D eigenvalue weighted by Crippen LogP contribution is 2.32. The summed E-state index contributed by atoms with van der Waals surface area (Å²) < 4.78 is 16.7. The third-order valence-electron chi connectivity index (χ3n) is 5.42. The number of carboxylic acids is 1. The Kier molecular flexibility index (Phi) is 7.56. The first-order valence-electron chi connectivity index (χ1n) is 11.1. The van der Waals surface area contributed by atoms with Gasteiger partial charge in [0.2, 0.25) is 0 Å². The molecule has 1 unspecified atom stereocenters. The zero-order valence-electron chi connectivity index (χ0n) is 19.5. The fraction of sp³-hybridized carbons (Fsp3) is 0.148. The Hall–Kier alpha value is -4.30. The molecule has 0 radical (unpaired) electrons. The molecule has 0 spiro atoms. The number of hydrogen-bond donors (Lipinski definition) is 2. The van der Waals surface area contributed by atoms with Crippen molar-refractivity contribution in [3.8, 4) is 17.1 Å². The number of aromatic nitrogens is 1. The second-order valence-electron chi connectivity index (χ2n) is 7.98. The van der Waals surface area contributed by atoms with Crippen molar-refractivity contribution in [2.24, 2.45) is 0 Å². The van der Waals surface area contributed by atoms with Gasteiger partial charge in [-0.25, -0.2) is 9.59 Å². The van der Waals surface area contributed by atoms with Gasteiger partial charge in [-0.15, -0.1) is 0 Å². The van der Waals surface area contributed by atoms with Crippen molar-refractivity contribution in [3.05, 3.63) is 100 Å². The van der Waals surface area contributed by atoms with Crippen LogP contribution in [0.4, 0.5) is 10.5 Å². The molecule has 9 heteroatoms. The maximum Gasteiger partial charge on any atom is 0.412 e. The highest BCUT2D eigenvalue weighted by atomic mass is 35.5. The lowest BCUT2D eigenvalue weighted by Crippen LogP contribution is -2.17. The Morgan fingerprint density at radius 2 is 1.83 bits per heavy atom. The van der Waals surface area contributed by atoms with E-state index in [1.54, 1.807) is 44.2 Å². The number of carbonyl (C=O) groups excluding carboxylic acids is 1. The maximum atomic E-state index is 12.6. The second-order valence-corrected chi connectivity index (χ2v) is 8.39. The van der Waals surface area contributed by atoms with Crippen LogP contribution in [-0.4, -0.2) is 22.3 Å². The molecule has 3 aromatic carbocycles. The van der Waals surface area contributed by atoms with Crippen LogP contribution in [0.3, 0.4) is 0 Å². The smallest absolute Gasteiger partial charge is 0.412 e. The number of carbonyl (C=O) groups is 2. The minimum atomic E-state index is -1.02. The number of halogens is 1. The average molecular weight is 507 g/mol. The van der Waals surface area contributed by atoms with Crippen LogP contribution in [0, 0.1) is 6.92 Å². The van der Waals surface area contributed by atoms with Crippen molar-refractivity contribution in [2.75, 3.05) is 5.32 Å². The molecular weight excluding hydrogens is 484 g/mol. The standard InChI is InChI=1S/C27H23ClN2O6/c1-16-24(29-27(33)35-17(2)22-8-3-4-9-23(22)28)25(36-30-16)19-12-10-18(11-13-19)15-34-21-7-5-6-20(14-21)26(31)32/h3-14,17H,15H2,1-2H3,(H,29,33)(H,31,32). The zero-order chi connectivity index (χ0) is 25.7. The first kappa shape index (κ1) is 24.8. The molecule has 36 heavy (non-hydrogen) atoms. The van der Waals surface area contributed by atoms with Gasteiger partial charge in [-0.05, 0) is 43.7 Å². The van der Waals surface area contributed by atoms with Gasteiger partial charge in [-0.2, -0.15) is 0 Å². The van der Waals surface area contributed by atoms with Gasteiger partial charge in [-0.3, -0.25) is 5.32 Å². The van der Waals surface area contributed by atoms with Gasteiger partial charge in [0.25, 0.3) is 0 Å². The number of nitrogens with one attached hydrogen (secondary N) is 1. The van der Waals surface area contributed by atoms with Crippen LogP contribution in [0.5, 0.6) is 5.75 Å². The summed E-state index contributed by atoms with van der Waals surface area (Å²) in [5, 5.41) is 16.3. The van der Waals surface area contributed by atoms with Gasteiger partial charge in [0, 0.05) is 16.1 Å². The van der Waals surface area contributed by atoms with Gasteiger partial charge in [0.1, 0.15) is 29.8 Å². The molecule has 1 aromatic heterocycles. The first-order chi connectivity index (χ1) is 17.3. The van der Waals surface area contributed by atoms with E-state index in [4.69, 9.17) is 30.7 Å². The Labute approximate surface area is 212 Å². The van der Waals surface area contributed by atoms with Crippen molar-refractivity contribution in [2.45, 2.75) is 26.6 Å². The summed E-state index contributed by atoms with van der Waals surface area (Å²) in [7, 11) is 0. The van der Waals surface area contributed by atoms with E-state index in [1.165, 1.54) is 12.1 Å². The topological polar surface area (TPSA) is 111 Å². The molecule has 1 atom stereocenters. The molecule has 184 valence electrons. The summed E-state index contributed by atoms with van der Waals surface area (Å²) in [6.45, 7) is 3.70. The molecular formula is C27H23ClN2O6. The maximum absolute atomic E-state index is 12.6. The predicted molar refractivity (Wildman–Crippen MR) is 134 cm³/mol. The molecule has 0 aliphatic rings. The van der Waals surface area contributed by atoms with Crippen LogP contribution in [0.2, 0.25) is 5.02 Å². The van der Waals surface area contributed by atoms with E-state index in [1.807, 2.05) is 30.3 Å². The molecule has 4 aromatic rings. The lowest BCUT2D eigenvalue weighted by atomic mass is 10.1. The molecule has 0 fully saturated rings. The fourth-order valence-corrected chi connectivity index (χ4v) is 3.80. The van der Waals surface area contributed by atoms with Gasteiger partial charge < -0.3 is 19.1 Å².